The molecular formula is C21H19FN4OS. The van der Waals surface area contributed by atoms with Crippen LogP contribution in [0.2, 0.25) is 0 Å². The highest BCUT2D eigenvalue weighted by atomic mass is 32.1. The molecule has 0 bridgehead atoms. The van der Waals surface area contributed by atoms with E-state index in [1.807, 2.05) is 10.3 Å². The molecule has 3 aromatic rings. The van der Waals surface area contributed by atoms with Crippen molar-refractivity contribution in [1.82, 2.24) is 19.9 Å². The van der Waals surface area contributed by atoms with Gasteiger partial charge < -0.3 is 4.90 Å². The predicted octanol–water partition coefficient (Wildman–Crippen LogP) is 4.07. The molecule has 2 atom stereocenters. The van der Waals surface area contributed by atoms with Gasteiger partial charge >= 0.3 is 0 Å². The second-order valence-corrected chi connectivity index (χ2v) is 8.28. The lowest BCUT2D eigenvalue weighted by atomic mass is 9.91. The average molecular weight is 394 g/mol. The van der Waals surface area contributed by atoms with Gasteiger partial charge in [0.15, 0.2) is 0 Å². The minimum atomic E-state index is -0.274. The van der Waals surface area contributed by atoms with E-state index in [0.717, 1.165) is 47.6 Å². The summed E-state index contributed by atoms with van der Waals surface area (Å²) in [4.78, 5) is 28.3. The van der Waals surface area contributed by atoms with Crippen LogP contribution in [0.1, 0.15) is 46.1 Å². The summed E-state index contributed by atoms with van der Waals surface area (Å²) in [7, 11) is 0. The number of carbonyl (C=O) groups is 1. The molecule has 0 N–H and O–H groups in total. The van der Waals surface area contributed by atoms with Gasteiger partial charge in [-0.3, -0.25) is 14.8 Å². The third-order valence-electron chi connectivity index (χ3n) is 5.71. The molecule has 142 valence electrons. The van der Waals surface area contributed by atoms with Crippen molar-refractivity contribution in [2.45, 2.75) is 37.6 Å². The molecule has 1 aromatic carbocycles. The van der Waals surface area contributed by atoms with Gasteiger partial charge in [0, 0.05) is 41.8 Å². The number of nitrogens with zero attached hydrogens (tertiary/aromatic N) is 4. The number of thiazole rings is 1. The first-order valence-electron chi connectivity index (χ1n) is 9.50. The SMILES string of the molecule is O=C1c2ccc(F)cc2CCC2CCC(c3nc(-c4cnccn4)cs3)CN12. The van der Waals surface area contributed by atoms with Crippen molar-refractivity contribution in [2.24, 2.45) is 0 Å². The van der Waals surface area contributed by atoms with Gasteiger partial charge in [0.05, 0.1) is 11.2 Å². The Morgan fingerprint density at radius 1 is 1.14 bits per heavy atom. The Morgan fingerprint density at radius 3 is 2.93 bits per heavy atom. The summed E-state index contributed by atoms with van der Waals surface area (Å²) >= 11 is 1.62. The van der Waals surface area contributed by atoms with Crippen LogP contribution < -0.4 is 0 Å². The highest BCUT2D eigenvalue weighted by molar-refractivity contribution is 7.10. The Morgan fingerprint density at radius 2 is 2.07 bits per heavy atom. The molecular weight excluding hydrogens is 375 g/mol. The maximum absolute atomic E-state index is 13.6. The van der Waals surface area contributed by atoms with Crippen LogP contribution in [0.3, 0.4) is 0 Å². The van der Waals surface area contributed by atoms with Gasteiger partial charge in [0.2, 0.25) is 0 Å². The molecule has 0 aliphatic carbocycles. The van der Waals surface area contributed by atoms with Crippen molar-refractivity contribution in [1.29, 1.82) is 0 Å². The van der Waals surface area contributed by atoms with Gasteiger partial charge in [-0.25, -0.2) is 9.37 Å². The minimum absolute atomic E-state index is 0.0212. The number of aryl methyl sites for hydroxylation is 1. The Bertz CT molecular complexity index is 1020. The van der Waals surface area contributed by atoms with Crippen LogP contribution in [0, 0.1) is 5.82 Å². The van der Waals surface area contributed by atoms with Crippen molar-refractivity contribution in [3.63, 3.8) is 0 Å². The molecule has 2 unspecified atom stereocenters. The fourth-order valence-electron chi connectivity index (χ4n) is 4.26. The van der Waals surface area contributed by atoms with E-state index in [9.17, 15) is 9.18 Å². The van der Waals surface area contributed by atoms with Gasteiger partial charge in [-0.1, -0.05) is 0 Å². The van der Waals surface area contributed by atoms with Gasteiger partial charge in [-0.2, -0.15) is 0 Å². The zero-order valence-corrected chi connectivity index (χ0v) is 16.0. The van der Waals surface area contributed by atoms with Gasteiger partial charge in [-0.15, -0.1) is 11.3 Å². The molecule has 5 nitrogen and oxygen atoms in total. The predicted molar refractivity (Wildman–Crippen MR) is 105 cm³/mol. The van der Waals surface area contributed by atoms with Crippen LogP contribution >= 0.6 is 11.3 Å². The largest absolute Gasteiger partial charge is 0.335 e. The lowest BCUT2D eigenvalue weighted by Crippen LogP contribution is -2.45. The van der Waals surface area contributed by atoms with E-state index in [4.69, 9.17) is 4.98 Å². The summed E-state index contributed by atoms with van der Waals surface area (Å²) in [5.74, 6) is -0.0332. The van der Waals surface area contributed by atoms with E-state index in [1.165, 1.54) is 12.1 Å². The van der Waals surface area contributed by atoms with E-state index < -0.39 is 0 Å². The van der Waals surface area contributed by atoms with Crippen LogP contribution in [0.15, 0.2) is 42.2 Å². The molecule has 1 amide bonds. The average Bonchev–Trinajstić information content (AvgIpc) is 3.18. The number of amides is 1. The monoisotopic (exact) mass is 394 g/mol. The first-order valence-corrected chi connectivity index (χ1v) is 10.4. The summed E-state index contributed by atoms with van der Waals surface area (Å²) in [5, 5.41) is 3.05. The van der Waals surface area contributed by atoms with E-state index in [2.05, 4.69) is 9.97 Å². The van der Waals surface area contributed by atoms with Crippen LogP contribution in [0.5, 0.6) is 0 Å². The number of fused-ring (bicyclic) bond motifs is 2. The summed E-state index contributed by atoms with van der Waals surface area (Å²) in [6, 6.07) is 4.75. The van der Waals surface area contributed by atoms with Crippen molar-refractivity contribution in [2.75, 3.05) is 6.54 Å². The fourth-order valence-corrected chi connectivity index (χ4v) is 5.20. The molecule has 1 saturated heterocycles. The molecule has 4 heterocycles. The third-order valence-corrected chi connectivity index (χ3v) is 6.72. The van der Waals surface area contributed by atoms with Crippen molar-refractivity contribution in [3.8, 4) is 11.4 Å². The fraction of sp³-hybridized carbons (Fsp3) is 0.333. The number of aromatic nitrogens is 3. The van der Waals surface area contributed by atoms with Gasteiger partial charge in [0.25, 0.3) is 5.91 Å². The summed E-state index contributed by atoms with van der Waals surface area (Å²) in [5.41, 5.74) is 3.07. The standard InChI is InChI=1S/C21H19FN4OS/c22-15-3-6-17-13(9-15)1-4-16-5-2-14(11-26(16)21(17)27)20-25-19(12-28-20)18-10-23-7-8-24-18/h3,6-10,12,14,16H,1-2,4-5,11H2. The van der Waals surface area contributed by atoms with E-state index in [0.29, 0.717) is 12.1 Å². The highest BCUT2D eigenvalue weighted by Gasteiger charge is 2.36. The molecule has 2 aliphatic heterocycles. The second-order valence-electron chi connectivity index (χ2n) is 7.39. The summed E-state index contributed by atoms with van der Waals surface area (Å²) < 4.78 is 13.6. The van der Waals surface area contributed by atoms with E-state index in [1.54, 1.807) is 36.0 Å². The number of carbonyl (C=O) groups excluding carboxylic acids is 1. The maximum atomic E-state index is 13.6. The topological polar surface area (TPSA) is 59.0 Å². The van der Waals surface area contributed by atoms with Gasteiger partial charge in [0.1, 0.15) is 17.2 Å². The van der Waals surface area contributed by atoms with Crippen molar-refractivity contribution < 1.29 is 9.18 Å². The number of hydrogen-bond acceptors (Lipinski definition) is 5. The number of halogens is 1. The molecule has 0 saturated carbocycles. The highest BCUT2D eigenvalue weighted by Crippen LogP contribution is 2.37. The van der Waals surface area contributed by atoms with Gasteiger partial charge in [-0.05, 0) is 49.4 Å². The molecule has 0 radical (unpaired) electrons. The molecule has 5 rings (SSSR count). The lowest BCUT2D eigenvalue weighted by Gasteiger charge is -2.38. The minimum Gasteiger partial charge on any atom is -0.335 e. The smallest absolute Gasteiger partial charge is 0.254 e. The number of rotatable bonds is 2. The molecule has 1 fully saturated rings. The maximum Gasteiger partial charge on any atom is 0.254 e. The van der Waals surface area contributed by atoms with E-state index in [-0.39, 0.29) is 23.7 Å². The lowest BCUT2D eigenvalue weighted by molar-refractivity contribution is 0.0588. The Kier molecular flexibility index (Phi) is 4.39. The molecule has 2 aliphatic rings. The number of hydrogen-bond donors (Lipinski definition) is 0. The Balaban J connectivity index is 1.40. The van der Waals surface area contributed by atoms with Crippen LogP contribution in [-0.2, 0) is 6.42 Å². The quantitative estimate of drug-likeness (QED) is 0.657. The van der Waals surface area contributed by atoms with Crippen LogP contribution in [0.25, 0.3) is 11.4 Å². The van der Waals surface area contributed by atoms with Crippen molar-refractivity contribution in [3.05, 3.63) is 64.1 Å². The Hall–Kier alpha value is -2.67. The number of piperidine rings is 1. The summed E-state index contributed by atoms with van der Waals surface area (Å²) in [6.45, 7) is 0.660. The molecule has 2 aromatic heterocycles. The van der Waals surface area contributed by atoms with Crippen LogP contribution in [-0.4, -0.2) is 38.3 Å². The second kappa shape index (κ2) is 7.05. The summed E-state index contributed by atoms with van der Waals surface area (Å²) in [6.07, 6.45) is 8.61. The molecule has 28 heavy (non-hydrogen) atoms. The van der Waals surface area contributed by atoms with E-state index >= 15 is 0 Å². The Labute approximate surface area is 166 Å². The number of benzene rings is 1. The first kappa shape index (κ1) is 17.4. The molecule has 7 heteroatoms. The normalized spacial score (nSPS) is 21.8. The first-order chi connectivity index (χ1) is 13.7. The molecule has 0 spiro atoms. The third kappa shape index (κ3) is 3.09. The zero-order chi connectivity index (χ0) is 19.1. The van der Waals surface area contributed by atoms with Crippen LogP contribution in [0.4, 0.5) is 4.39 Å². The van der Waals surface area contributed by atoms with Crippen molar-refractivity contribution >= 4 is 17.2 Å². The zero-order valence-electron chi connectivity index (χ0n) is 15.2.